The van der Waals surface area contributed by atoms with Crippen molar-refractivity contribution in [1.29, 1.82) is 0 Å². The summed E-state index contributed by atoms with van der Waals surface area (Å²) in [4.78, 5) is 35.6. The van der Waals surface area contributed by atoms with Crippen LogP contribution in [0.25, 0.3) is 0 Å². The SMILES string of the molecule is COc1ccc(CN2CCC3(CCN(C[C@H]4CN(C(=O)N5CCCC5)CC4c4ccccc4)CC3)C2=O)cc1.Cl. The van der Waals surface area contributed by atoms with Crippen molar-refractivity contribution in [3.63, 3.8) is 0 Å². The zero-order chi connectivity index (χ0) is 26.8. The van der Waals surface area contributed by atoms with E-state index in [1.54, 1.807) is 7.11 Å². The van der Waals surface area contributed by atoms with Gasteiger partial charge in [0.05, 0.1) is 12.5 Å². The van der Waals surface area contributed by atoms with E-state index in [1.165, 1.54) is 5.56 Å². The monoisotopic (exact) mass is 566 g/mol. The van der Waals surface area contributed by atoms with Gasteiger partial charge in [0.25, 0.3) is 0 Å². The number of hydrogen-bond acceptors (Lipinski definition) is 4. The van der Waals surface area contributed by atoms with Crippen molar-refractivity contribution in [2.45, 2.75) is 44.6 Å². The molecule has 4 fully saturated rings. The lowest BCUT2D eigenvalue weighted by atomic mass is 9.76. The number of hydrogen-bond donors (Lipinski definition) is 0. The molecule has 40 heavy (non-hydrogen) atoms. The van der Waals surface area contributed by atoms with Gasteiger partial charge in [0.2, 0.25) is 5.91 Å². The van der Waals surface area contributed by atoms with Gasteiger partial charge in [0.1, 0.15) is 5.75 Å². The summed E-state index contributed by atoms with van der Waals surface area (Å²) in [6.07, 6.45) is 5.08. The van der Waals surface area contributed by atoms with Crippen LogP contribution in [0, 0.1) is 11.3 Å². The average molecular weight is 567 g/mol. The van der Waals surface area contributed by atoms with Crippen LogP contribution in [0.1, 0.15) is 49.1 Å². The molecule has 0 N–H and O–H groups in total. The predicted molar refractivity (Wildman–Crippen MR) is 159 cm³/mol. The van der Waals surface area contributed by atoms with Gasteiger partial charge in [0, 0.05) is 51.7 Å². The predicted octanol–water partition coefficient (Wildman–Crippen LogP) is 4.86. The molecule has 216 valence electrons. The zero-order valence-electron chi connectivity index (χ0n) is 23.7. The number of urea groups is 1. The first-order chi connectivity index (χ1) is 19.0. The van der Waals surface area contributed by atoms with Crippen LogP contribution in [0.15, 0.2) is 54.6 Å². The van der Waals surface area contributed by atoms with Gasteiger partial charge < -0.3 is 24.3 Å². The maximum Gasteiger partial charge on any atom is 0.320 e. The van der Waals surface area contributed by atoms with Crippen LogP contribution in [0.5, 0.6) is 5.75 Å². The van der Waals surface area contributed by atoms with E-state index in [9.17, 15) is 9.59 Å². The maximum absolute atomic E-state index is 13.6. The first-order valence-corrected chi connectivity index (χ1v) is 14.8. The fourth-order valence-electron chi connectivity index (χ4n) is 7.35. The summed E-state index contributed by atoms with van der Waals surface area (Å²) in [6, 6.07) is 19.0. The van der Waals surface area contributed by atoms with Gasteiger partial charge in [-0.1, -0.05) is 42.5 Å². The largest absolute Gasteiger partial charge is 0.497 e. The van der Waals surface area contributed by atoms with E-state index in [-0.39, 0.29) is 23.9 Å². The minimum atomic E-state index is -0.199. The summed E-state index contributed by atoms with van der Waals surface area (Å²) in [5, 5.41) is 0. The van der Waals surface area contributed by atoms with Gasteiger partial charge in [-0.25, -0.2) is 4.79 Å². The summed E-state index contributed by atoms with van der Waals surface area (Å²) < 4.78 is 5.27. The standard InChI is InChI=1S/C32H42N4O3.ClH/c1-39-28-11-9-25(10-12-28)21-35-20-15-32(30(35)37)13-18-33(19-14-32)22-27-23-36(31(38)34-16-5-6-17-34)24-29(27)26-7-3-2-4-8-26;/h2-4,7-12,27,29H,5-6,13-24H2,1H3;1H/t27-,29?;/m0./s1. The average Bonchev–Trinajstić information content (AvgIpc) is 3.73. The lowest BCUT2D eigenvalue weighted by Crippen LogP contribution is -2.46. The summed E-state index contributed by atoms with van der Waals surface area (Å²) in [7, 11) is 1.67. The lowest BCUT2D eigenvalue weighted by Gasteiger charge is -2.39. The van der Waals surface area contributed by atoms with Crippen molar-refractivity contribution in [2.75, 3.05) is 59.5 Å². The zero-order valence-corrected chi connectivity index (χ0v) is 24.5. The Kier molecular flexibility index (Phi) is 8.91. The summed E-state index contributed by atoms with van der Waals surface area (Å²) in [5.41, 5.74) is 2.29. The molecule has 4 heterocycles. The molecule has 6 rings (SSSR count). The van der Waals surface area contributed by atoms with Crippen LogP contribution in [0.2, 0.25) is 0 Å². The molecule has 2 atom stereocenters. The van der Waals surface area contributed by atoms with Crippen molar-refractivity contribution < 1.29 is 14.3 Å². The molecular weight excluding hydrogens is 524 g/mol. The number of methoxy groups -OCH3 is 1. The molecule has 1 spiro atoms. The molecule has 0 bridgehead atoms. The fraction of sp³-hybridized carbons (Fsp3) is 0.562. The highest BCUT2D eigenvalue weighted by Crippen LogP contribution is 2.43. The van der Waals surface area contributed by atoms with Crippen LogP contribution in [-0.4, -0.2) is 91.0 Å². The van der Waals surface area contributed by atoms with Crippen molar-refractivity contribution >= 4 is 24.3 Å². The number of rotatable bonds is 6. The number of ether oxygens (including phenoxy) is 1. The van der Waals surface area contributed by atoms with E-state index in [4.69, 9.17) is 4.74 Å². The van der Waals surface area contributed by atoms with Gasteiger partial charge in [-0.05, 0) is 74.4 Å². The second-order valence-corrected chi connectivity index (χ2v) is 12.1. The van der Waals surface area contributed by atoms with E-state index in [2.05, 4.69) is 57.2 Å². The van der Waals surface area contributed by atoms with Crippen LogP contribution in [-0.2, 0) is 11.3 Å². The van der Waals surface area contributed by atoms with Crippen LogP contribution >= 0.6 is 12.4 Å². The minimum absolute atomic E-state index is 0. The topological polar surface area (TPSA) is 56.3 Å². The summed E-state index contributed by atoms with van der Waals surface area (Å²) in [5.74, 6) is 1.96. The lowest BCUT2D eigenvalue weighted by molar-refractivity contribution is -0.139. The third-order valence-electron chi connectivity index (χ3n) is 9.76. The van der Waals surface area contributed by atoms with E-state index in [0.29, 0.717) is 24.3 Å². The highest BCUT2D eigenvalue weighted by molar-refractivity contribution is 5.85. The Morgan fingerprint density at radius 1 is 0.875 bits per heavy atom. The van der Waals surface area contributed by atoms with Gasteiger partial charge in [0.15, 0.2) is 0 Å². The molecule has 0 aromatic heterocycles. The fourth-order valence-corrected chi connectivity index (χ4v) is 7.35. The molecule has 0 radical (unpaired) electrons. The Morgan fingerprint density at radius 2 is 1.55 bits per heavy atom. The van der Waals surface area contributed by atoms with Gasteiger partial charge in [-0.3, -0.25) is 4.79 Å². The number of likely N-dealkylation sites (tertiary alicyclic amines) is 4. The van der Waals surface area contributed by atoms with Gasteiger partial charge >= 0.3 is 6.03 Å². The Morgan fingerprint density at radius 3 is 2.23 bits per heavy atom. The van der Waals surface area contributed by atoms with Crippen LogP contribution in [0.4, 0.5) is 4.79 Å². The Bertz CT molecular complexity index is 1150. The smallest absolute Gasteiger partial charge is 0.320 e. The van der Waals surface area contributed by atoms with Crippen molar-refractivity contribution in [2.24, 2.45) is 11.3 Å². The Labute approximate surface area is 244 Å². The van der Waals surface area contributed by atoms with Crippen LogP contribution in [0.3, 0.4) is 0 Å². The third kappa shape index (κ3) is 5.82. The van der Waals surface area contributed by atoms with Gasteiger partial charge in [-0.2, -0.15) is 0 Å². The van der Waals surface area contributed by atoms with Crippen molar-refractivity contribution in [1.82, 2.24) is 19.6 Å². The molecular formula is C32H43ClN4O3. The number of carbonyl (C=O) groups excluding carboxylic acids is 2. The highest BCUT2D eigenvalue weighted by Gasteiger charge is 2.48. The van der Waals surface area contributed by atoms with Crippen LogP contribution < -0.4 is 4.74 Å². The summed E-state index contributed by atoms with van der Waals surface area (Å²) >= 11 is 0. The van der Waals surface area contributed by atoms with Crippen molar-refractivity contribution in [3.05, 3.63) is 65.7 Å². The summed E-state index contributed by atoms with van der Waals surface area (Å²) in [6.45, 7) is 7.85. The number of piperidine rings is 1. The first kappa shape index (κ1) is 28.7. The number of carbonyl (C=O) groups is 2. The molecule has 4 saturated heterocycles. The molecule has 8 heteroatoms. The second-order valence-electron chi connectivity index (χ2n) is 12.1. The van der Waals surface area contributed by atoms with E-state index < -0.39 is 0 Å². The quantitative estimate of drug-likeness (QED) is 0.501. The molecule has 3 amide bonds. The van der Waals surface area contributed by atoms with Gasteiger partial charge in [-0.15, -0.1) is 12.4 Å². The van der Waals surface area contributed by atoms with E-state index in [0.717, 1.165) is 95.8 Å². The Hall–Kier alpha value is -2.77. The normalized spacial score (nSPS) is 24.5. The number of amides is 3. The minimum Gasteiger partial charge on any atom is -0.497 e. The molecule has 4 aliphatic heterocycles. The van der Waals surface area contributed by atoms with E-state index in [1.807, 2.05) is 17.0 Å². The highest BCUT2D eigenvalue weighted by atomic mass is 35.5. The molecule has 2 aromatic carbocycles. The number of nitrogens with zero attached hydrogens (tertiary/aromatic N) is 4. The molecule has 4 aliphatic rings. The third-order valence-corrected chi connectivity index (χ3v) is 9.76. The maximum atomic E-state index is 13.6. The molecule has 0 saturated carbocycles. The molecule has 7 nitrogen and oxygen atoms in total. The molecule has 0 aliphatic carbocycles. The molecule has 2 aromatic rings. The second kappa shape index (κ2) is 12.4. The van der Waals surface area contributed by atoms with E-state index >= 15 is 0 Å². The first-order valence-electron chi connectivity index (χ1n) is 14.8. The number of halogens is 1. The van der Waals surface area contributed by atoms with Crippen molar-refractivity contribution in [3.8, 4) is 5.75 Å². The number of benzene rings is 2. The molecule has 1 unspecified atom stereocenters. The Balaban J connectivity index is 0.00000323.